The minimum atomic E-state index is -0.504. The van der Waals surface area contributed by atoms with E-state index < -0.39 is 5.69 Å². The van der Waals surface area contributed by atoms with Crippen LogP contribution >= 0.6 is 11.3 Å². The summed E-state index contributed by atoms with van der Waals surface area (Å²) in [5.74, 6) is -0.157. The highest BCUT2D eigenvalue weighted by Crippen LogP contribution is 2.27. The van der Waals surface area contributed by atoms with Gasteiger partial charge in [0.1, 0.15) is 11.2 Å². The fraction of sp³-hybridized carbons (Fsp3) is 0.174. The Morgan fingerprint density at radius 2 is 1.73 bits per heavy atom. The molecule has 5 rings (SSSR count). The van der Waals surface area contributed by atoms with Crippen LogP contribution in [0.15, 0.2) is 75.6 Å². The van der Waals surface area contributed by atoms with Gasteiger partial charge in [0.15, 0.2) is 0 Å². The molecule has 0 aliphatic carbocycles. The molecule has 0 spiro atoms. The van der Waals surface area contributed by atoms with Crippen LogP contribution in [0.25, 0.3) is 15.9 Å². The van der Waals surface area contributed by atoms with Crippen LogP contribution in [0.3, 0.4) is 0 Å². The predicted molar refractivity (Wildman–Crippen MR) is 119 cm³/mol. The molecule has 1 amide bonds. The average molecular weight is 417 g/mol. The highest BCUT2D eigenvalue weighted by atomic mass is 32.1. The molecule has 3 heterocycles. The first kappa shape index (κ1) is 18.6. The number of aryl methyl sites for hydroxylation is 1. The topological polar surface area (TPSA) is 64.3 Å². The van der Waals surface area contributed by atoms with Gasteiger partial charge < -0.3 is 4.90 Å². The zero-order valence-electron chi connectivity index (χ0n) is 16.2. The number of thiophene rings is 1. The SMILES string of the molecule is O=C(Cn1c(=O)n(-c2ccccc2)c(=O)c2sccc21)N1CCCc2ccccc21. The fourth-order valence-electron chi connectivity index (χ4n) is 4.06. The summed E-state index contributed by atoms with van der Waals surface area (Å²) in [4.78, 5) is 41.3. The summed E-state index contributed by atoms with van der Waals surface area (Å²) < 4.78 is 3.03. The number of amides is 1. The number of nitrogens with zero attached hydrogens (tertiary/aromatic N) is 3. The van der Waals surface area contributed by atoms with Crippen molar-refractivity contribution >= 4 is 33.1 Å². The first-order valence-corrected chi connectivity index (χ1v) is 10.7. The maximum Gasteiger partial charge on any atom is 0.336 e. The highest BCUT2D eigenvalue weighted by Gasteiger charge is 2.24. The summed E-state index contributed by atoms with van der Waals surface area (Å²) in [6, 6.07) is 18.4. The Kier molecular flexibility index (Phi) is 4.59. The van der Waals surface area contributed by atoms with Crippen LogP contribution < -0.4 is 16.1 Å². The lowest BCUT2D eigenvalue weighted by Gasteiger charge is -2.29. The van der Waals surface area contributed by atoms with Gasteiger partial charge in [-0.25, -0.2) is 9.36 Å². The molecule has 150 valence electrons. The van der Waals surface area contributed by atoms with Gasteiger partial charge in [0.05, 0.1) is 11.2 Å². The van der Waals surface area contributed by atoms with Crippen LogP contribution in [0.4, 0.5) is 5.69 Å². The second-order valence-electron chi connectivity index (χ2n) is 7.26. The van der Waals surface area contributed by atoms with Gasteiger partial charge in [-0.15, -0.1) is 11.3 Å². The van der Waals surface area contributed by atoms with E-state index in [1.165, 1.54) is 15.9 Å². The van der Waals surface area contributed by atoms with E-state index in [0.717, 1.165) is 28.7 Å². The van der Waals surface area contributed by atoms with E-state index in [0.29, 0.717) is 22.4 Å². The predicted octanol–water partition coefficient (Wildman–Crippen LogP) is 3.19. The first-order valence-electron chi connectivity index (χ1n) is 9.82. The van der Waals surface area contributed by atoms with Crippen molar-refractivity contribution < 1.29 is 4.79 Å². The van der Waals surface area contributed by atoms with Gasteiger partial charge >= 0.3 is 5.69 Å². The molecule has 0 saturated heterocycles. The number of para-hydroxylation sites is 2. The van der Waals surface area contributed by atoms with Gasteiger partial charge in [0.2, 0.25) is 5.91 Å². The number of carbonyl (C=O) groups is 1. The number of anilines is 1. The quantitative estimate of drug-likeness (QED) is 0.514. The van der Waals surface area contributed by atoms with Gasteiger partial charge in [0.25, 0.3) is 5.56 Å². The van der Waals surface area contributed by atoms with Crippen LogP contribution in [-0.4, -0.2) is 21.6 Å². The monoisotopic (exact) mass is 417 g/mol. The molecule has 0 radical (unpaired) electrons. The van der Waals surface area contributed by atoms with Crippen LogP contribution in [0.5, 0.6) is 0 Å². The highest BCUT2D eigenvalue weighted by molar-refractivity contribution is 7.17. The van der Waals surface area contributed by atoms with E-state index in [4.69, 9.17) is 0 Å². The molecule has 2 aromatic heterocycles. The molecule has 30 heavy (non-hydrogen) atoms. The second kappa shape index (κ2) is 7.42. The Morgan fingerprint density at radius 3 is 2.57 bits per heavy atom. The third-order valence-corrected chi connectivity index (χ3v) is 6.37. The Hall–Kier alpha value is -3.45. The molecule has 0 atom stereocenters. The zero-order valence-corrected chi connectivity index (χ0v) is 17.0. The molecule has 2 aromatic carbocycles. The number of hydrogen-bond acceptors (Lipinski definition) is 4. The number of hydrogen-bond donors (Lipinski definition) is 0. The van der Waals surface area contributed by atoms with Crippen molar-refractivity contribution in [3.63, 3.8) is 0 Å². The number of fused-ring (bicyclic) bond motifs is 2. The Balaban J connectivity index is 1.62. The largest absolute Gasteiger partial charge is 0.336 e. The summed E-state index contributed by atoms with van der Waals surface area (Å²) in [6.45, 7) is 0.503. The van der Waals surface area contributed by atoms with E-state index in [9.17, 15) is 14.4 Å². The maximum absolute atomic E-state index is 13.3. The number of benzene rings is 2. The number of aromatic nitrogens is 2. The number of rotatable bonds is 3. The van der Waals surface area contributed by atoms with Gasteiger partial charge in [-0.1, -0.05) is 36.4 Å². The first-order chi connectivity index (χ1) is 14.6. The summed E-state index contributed by atoms with van der Waals surface area (Å²) in [6.07, 6.45) is 1.82. The fourth-order valence-corrected chi connectivity index (χ4v) is 4.88. The minimum Gasteiger partial charge on any atom is -0.311 e. The molecular formula is C23H19N3O3S. The molecule has 0 bridgehead atoms. The smallest absolute Gasteiger partial charge is 0.311 e. The van der Waals surface area contributed by atoms with Gasteiger partial charge in [-0.3, -0.25) is 14.2 Å². The van der Waals surface area contributed by atoms with Crippen molar-refractivity contribution in [2.45, 2.75) is 19.4 Å². The van der Waals surface area contributed by atoms with E-state index in [1.807, 2.05) is 30.3 Å². The minimum absolute atomic E-state index is 0.118. The van der Waals surface area contributed by atoms with Crippen molar-refractivity contribution in [3.05, 3.63) is 92.4 Å². The molecule has 0 N–H and O–H groups in total. The molecule has 0 saturated carbocycles. The normalized spacial score (nSPS) is 13.4. The van der Waals surface area contributed by atoms with E-state index in [1.54, 1.807) is 40.6 Å². The summed E-state index contributed by atoms with van der Waals surface area (Å²) in [5.41, 5.74) is 2.17. The number of carbonyl (C=O) groups excluding carboxylic acids is 1. The average Bonchev–Trinajstić information content (AvgIpc) is 3.27. The Bertz CT molecular complexity index is 1370. The van der Waals surface area contributed by atoms with E-state index >= 15 is 0 Å². The third-order valence-electron chi connectivity index (χ3n) is 5.47. The third kappa shape index (κ3) is 2.98. The van der Waals surface area contributed by atoms with Gasteiger partial charge in [-0.2, -0.15) is 0 Å². The summed E-state index contributed by atoms with van der Waals surface area (Å²) in [5, 5.41) is 1.78. The van der Waals surface area contributed by atoms with Crippen LogP contribution in [0.1, 0.15) is 12.0 Å². The van der Waals surface area contributed by atoms with Gasteiger partial charge in [-0.05, 0) is 48.1 Å². The van der Waals surface area contributed by atoms with Crippen LogP contribution in [0, 0.1) is 0 Å². The van der Waals surface area contributed by atoms with Crippen molar-refractivity contribution in [2.24, 2.45) is 0 Å². The van der Waals surface area contributed by atoms with E-state index in [2.05, 4.69) is 0 Å². The van der Waals surface area contributed by atoms with Crippen molar-refractivity contribution in [3.8, 4) is 5.69 Å². The molecule has 6 nitrogen and oxygen atoms in total. The van der Waals surface area contributed by atoms with E-state index in [-0.39, 0.29) is 18.0 Å². The van der Waals surface area contributed by atoms with Crippen molar-refractivity contribution in [2.75, 3.05) is 11.4 Å². The molecule has 1 aliphatic rings. The molecule has 1 aliphatic heterocycles. The second-order valence-corrected chi connectivity index (χ2v) is 8.17. The van der Waals surface area contributed by atoms with Crippen molar-refractivity contribution in [1.82, 2.24) is 9.13 Å². The van der Waals surface area contributed by atoms with Crippen LogP contribution in [0.2, 0.25) is 0 Å². The zero-order chi connectivity index (χ0) is 20.7. The summed E-state index contributed by atoms with van der Waals surface area (Å²) in [7, 11) is 0. The molecule has 0 fully saturated rings. The summed E-state index contributed by atoms with van der Waals surface area (Å²) >= 11 is 1.28. The maximum atomic E-state index is 13.3. The standard InChI is InChI=1S/C23H19N3O3S/c27-20(24-13-6-8-16-7-4-5-11-18(16)24)15-25-19-12-14-30-21(19)22(28)26(23(25)29)17-9-2-1-3-10-17/h1-5,7,9-12,14H,6,8,13,15H2. The Labute approximate surface area is 176 Å². The molecule has 0 unspecified atom stereocenters. The van der Waals surface area contributed by atoms with Crippen molar-refractivity contribution in [1.29, 1.82) is 0 Å². The molecule has 7 heteroatoms. The Morgan fingerprint density at radius 1 is 0.967 bits per heavy atom. The lowest BCUT2D eigenvalue weighted by atomic mass is 10.0. The lowest BCUT2D eigenvalue weighted by molar-refractivity contribution is -0.119. The molecular weight excluding hydrogens is 398 g/mol. The lowest BCUT2D eigenvalue weighted by Crippen LogP contribution is -2.43. The van der Waals surface area contributed by atoms with Crippen LogP contribution in [-0.2, 0) is 17.8 Å². The van der Waals surface area contributed by atoms with Gasteiger partial charge in [0, 0.05) is 12.2 Å². The molecule has 4 aromatic rings.